The van der Waals surface area contributed by atoms with Gasteiger partial charge in [0.2, 0.25) is 5.56 Å². The zero-order chi connectivity index (χ0) is 19.5. The van der Waals surface area contributed by atoms with Crippen LogP contribution >= 0.6 is 0 Å². The number of hydrogen-bond acceptors (Lipinski definition) is 3. The lowest BCUT2D eigenvalue weighted by Gasteiger charge is -2.09. The Morgan fingerprint density at radius 3 is 2.71 bits per heavy atom. The van der Waals surface area contributed by atoms with Gasteiger partial charge in [-0.3, -0.25) is 14.6 Å². The molecule has 4 rings (SSSR count). The van der Waals surface area contributed by atoms with E-state index in [9.17, 15) is 14.0 Å². The molecule has 0 aliphatic rings. The Bertz CT molecular complexity index is 1220. The first-order chi connectivity index (χ1) is 13.6. The average molecular weight is 373 g/mol. The van der Waals surface area contributed by atoms with Crippen molar-refractivity contribution >= 4 is 16.8 Å². The second kappa shape index (κ2) is 7.44. The fourth-order valence-corrected chi connectivity index (χ4v) is 3.09. The SMILES string of the molecule is O=C(NCc1cccc(-c2cccnc2)c1)c1cc(=O)[nH]c2cc(F)ccc12. The minimum absolute atomic E-state index is 0.210. The van der Waals surface area contributed by atoms with Gasteiger partial charge in [0.15, 0.2) is 0 Å². The van der Waals surface area contributed by atoms with Gasteiger partial charge in [-0.05, 0) is 47.0 Å². The molecule has 28 heavy (non-hydrogen) atoms. The number of aromatic nitrogens is 2. The van der Waals surface area contributed by atoms with Gasteiger partial charge in [0.05, 0.1) is 11.1 Å². The van der Waals surface area contributed by atoms with Crippen molar-refractivity contribution in [3.05, 3.63) is 100 Å². The number of H-pyrrole nitrogens is 1. The summed E-state index contributed by atoms with van der Waals surface area (Å²) in [4.78, 5) is 31.2. The summed E-state index contributed by atoms with van der Waals surface area (Å²) >= 11 is 0. The Balaban J connectivity index is 1.57. The number of carbonyl (C=O) groups excluding carboxylic acids is 1. The van der Waals surface area contributed by atoms with Crippen LogP contribution in [-0.2, 0) is 6.54 Å². The minimum atomic E-state index is -0.479. The maximum absolute atomic E-state index is 13.4. The van der Waals surface area contributed by atoms with Crippen molar-refractivity contribution in [2.24, 2.45) is 0 Å². The number of carbonyl (C=O) groups is 1. The third kappa shape index (κ3) is 3.66. The highest BCUT2D eigenvalue weighted by molar-refractivity contribution is 6.05. The number of nitrogens with zero attached hydrogens (tertiary/aromatic N) is 1. The zero-order valence-corrected chi connectivity index (χ0v) is 14.8. The molecule has 0 bridgehead atoms. The summed E-state index contributed by atoms with van der Waals surface area (Å²) < 4.78 is 13.4. The normalized spacial score (nSPS) is 10.8. The van der Waals surface area contributed by atoms with Crippen LogP contribution in [0.1, 0.15) is 15.9 Å². The smallest absolute Gasteiger partial charge is 0.252 e. The van der Waals surface area contributed by atoms with E-state index in [1.54, 1.807) is 12.4 Å². The summed E-state index contributed by atoms with van der Waals surface area (Å²) in [6.45, 7) is 0.294. The van der Waals surface area contributed by atoms with Gasteiger partial charge >= 0.3 is 0 Å². The molecule has 1 amide bonds. The number of benzene rings is 2. The number of halogens is 1. The number of pyridine rings is 2. The van der Waals surface area contributed by atoms with Gasteiger partial charge in [-0.25, -0.2) is 4.39 Å². The molecule has 0 unspecified atom stereocenters. The molecule has 2 N–H and O–H groups in total. The average Bonchev–Trinajstić information content (AvgIpc) is 2.72. The lowest BCUT2D eigenvalue weighted by atomic mass is 10.0. The van der Waals surface area contributed by atoms with Crippen LogP contribution in [0, 0.1) is 5.82 Å². The van der Waals surface area contributed by atoms with Crippen molar-refractivity contribution in [2.75, 3.05) is 0 Å². The van der Waals surface area contributed by atoms with Crippen LogP contribution in [0.4, 0.5) is 4.39 Å². The number of nitrogens with one attached hydrogen (secondary N) is 2. The van der Waals surface area contributed by atoms with E-state index in [1.165, 1.54) is 24.3 Å². The summed E-state index contributed by atoms with van der Waals surface area (Å²) in [5, 5.41) is 3.32. The third-order valence-corrected chi connectivity index (χ3v) is 4.42. The monoisotopic (exact) mass is 373 g/mol. The van der Waals surface area contributed by atoms with E-state index in [0.29, 0.717) is 11.9 Å². The van der Waals surface area contributed by atoms with Crippen molar-refractivity contribution in [2.45, 2.75) is 6.54 Å². The van der Waals surface area contributed by atoms with Crippen molar-refractivity contribution in [1.82, 2.24) is 15.3 Å². The molecule has 138 valence electrons. The summed E-state index contributed by atoms with van der Waals surface area (Å²) in [7, 11) is 0. The molecule has 0 saturated carbocycles. The van der Waals surface area contributed by atoms with Gasteiger partial charge in [-0.2, -0.15) is 0 Å². The number of rotatable bonds is 4. The summed E-state index contributed by atoms with van der Waals surface area (Å²) in [6.07, 6.45) is 3.49. The summed E-state index contributed by atoms with van der Waals surface area (Å²) in [5.74, 6) is -0.873. The van der Waals surface area contributed by atoms with E-state index in [4.69, 9.17) is 0 Å². The van der Waals surface area contributed by atoms with E-state index in [2.05, 4.69) is 15.3 Å². The van der Waals surface area contributed by atoms with Gasteiger partial charge in [-0.1, -0.05) is 24.3 Å². The first-order valence-electron chi connectivity index (χ1n) is 8.70. The molecular weight excluding hydrogens is 357 g/mol. The Kier molecular flexibility index (Phi) is 4.68. The van der Waals surface area contributed by atoms with Crippen LogP contribution in [0.5, 0.6) is 0 Å². The molecular formula is C22H16FN3O2. The highest BCUT2D eigenvalue weighted by atomic mass is 19.1. The molecule has 0 spiro atoms. The molecule has 2 aromatic heterocycles. The van der Waals surface area contributed by atoms with Gasteiger partial charge < -0.3 is 10.3 Å². The number of amides is 1. The minimum Gasteiger partial charge on any atom is -0.348 e. The molecule has 0 aliphatic carbocycles. The quantitative estimate of drug-likeness (QED) is 0.573. The predicted molar refractivity (Wildman–Crippen MR) is 105 cm³/mol. The first-order valence-corrected chi connectivity index (χ1v) is 8.70. The zero-order valence-electron chi connectivity index (χ0n) is 14.8. The van der Waals surface area contributed by atoms with Crippen LogP contribution in [0.15, 0.2) is 77.9 Å². The van der Waals surface area contributed by atoms with E-state index >= 15 is 0 Å². The number of fused-ring (bicyclic) bond motifs is 1. The molecule has 2 heterocycles. The molecule has 0 fully saturated rings. The maximum Gasteiger partial charge on any atom is 0.252 e. The Morgan fingerprint density at radius 1 is 1.04 bits per heavy atom. The fraction of sp³-hybridized carbons (Fsp3) is 0.0455. The molecule has 6 heteroatoms. The van der Waals surface area contributed by atoms with E-state index < -0.39 is 17.3 Å². The van der Waals surface area contributed by atoms with Crippen LogP contribution in [-0.4, -0.2) is 15.9 Å². The van der Waals surface area contributed by atoms with Gasteiger partial charge in [-0.15, -0.1) is 0 Å². The molecule has 0 saturated heterocycles. The lowest BCUT2D eigenvalue weighted by molar-refractivity contribution is 0.0952. The van der Waals surface area contributed by atoms with Gasteiger partial charge in [0.25, 0.3) is 5.91 Å². The molecule has 0 radical (unpaired) electrons. The predicted octanol–water partition coefficient (Wildman–Crippen LogP) is 3.66. The molecule has 0 atom stereocenters. The molecule has 4 aromatic rings. The Hall–Kier alpha value is -3.80. The first kappa shape index (κ1) is 17.6. The molecule has 0 aliphatic heterocycles. The standard InChI is InChI=1S/C22H16FN3O2/c23-17-6-7-18-19(11-21(27)26-20(18)10-17)22(28)25-12-14-3-1-4-15(9-14)16-5-2-8-24-13-16/h1-11,13H,12H2,(H,25,28)(H,26,27). The highest BCUT2D eigenvalue weighted by Crippen LogP contribution is 2.20. The second-order valence-electron chi connectivity index (χ2n) is 6.36. The summed E-state index contributed by atoms with van der Waals surface area (Å²) in [6, 6.07) is 16.8. The van der Waals surface area contributed by atoms with Crippen molar-refractivity contribution in [3.63, 3.8) is 0 Å². The van der Waals surface area contributed by atoms with Crippen LogP contribution in [0.3, 0.4) is 0 Å². The number of aromatic amines is 1. The van der Waals surface area contributed by atoms with E-state index in [-0.39, 0.29) is 11.1 Å². The van der Waals surface area contributed by atoms with Crippen molar-refractivity contribution in [1.29, 1.82) is 0 Å². The second-order valence-corrected chi connectivity index (χ2v) is 6.36. The van der Waals surface area contributed by atoms with Crippen molar-refractivity contribution in [3.8, 4) is 11.1 Å². The third-order valence-electron chi connectivity index (χ3n) is 4.42. The largest absolute Gasteiger partial charge is 0.348 e. The van der Waals surface area contributed by atoms with Crippen LogP contribution in [0.25, 0.3) is 22.0 Å². The summed E-state index contributed by atoms with van der Waals surface area (Å²) in [5.41, 5.74) is 2.94. The highest BCUT2D eigenvalue weighted by Gasteiger charge is 2.12. The van der Waals surface area contributed by atoms with Gasteiger partial charge in [0.1, 0.15) is 5.82 Å². The molecule has 5 nitrogen and oxygen atoms in total. The maximum atomic E-state index is 13.4. The fourth-order valence-electron chi connectivity index (χ4n) is 3.09. The van der Waals surface area contributed by atoms with Crippen molar-refractivity contribution < 1.29 is 9.18 Å². The van der Waals surface area contributed by atoms with E-state index in [0.717, 1.165) is 16.7 Å². The topological polar surface area (TPSA) is 74.8 Å². The Labute approximate surface area is 159 Å². The lowest BCUT2D eigenvalue weighted by Crippen LogP contribution is -2.24. The Morgan fingerprint density at radius 2 is 1.89 bits per heavy atom. The van der Waals surface area contributed by atoms with Crippen LogP contribution in [0.2, 0.25) is 0 Å². The number of hydrogen-bond donors (Lipinski definition) is 2. The van der Waals surface area contributed by atoms with Gasteiger partial charge in [0, 0.05) is 30.4 Å². The van der Waals surface area contributed by atoms with E-state index in [1.807, 2.05) is 36.4 Å². The van der Waals surface area contributed by atoms with Crippen LogP contribution < -0.4 is 10.9 Å². The molecule has 2 aromatic carbocycles.